The minimum Gasteiger partial charge on any atom is -0.289 e. The van der Waals surface area contributed by atoms with Crippen molar-refractivity contribution in [1.29, 1.82) is 0 Å². The van der Waals surface area contributed by atoms with Crippen LogP contribution in [0.25, 0.3) is 10.2 Å². The summed E-state index contributed by atoms with van der Waals surface area (Å²) in [6.45, 7) is 3.91. The molecule has 102 valence electrons. The van der Waals surface area contributed by atoms with Gasteiger partial charge in [0.15, 0.2) is 0 Å². The number of carbonyl (C=O) groups is 1. The molecular formula is C13H13N5OS. The van der Waals surface area contributed by atoms with Crippen LogP contribution in [0.15, 0.2) is 18.2 Å². The Morgan fingerprint density at radius 2 is 2.25 bits per heavy atom. The smallest absolute Gasteiger partial charge is 0.258 e. The molecule has 0 aliphatic rings. The van der Waals surface area contributed by atoms with Crippen molar-refractivity contribution >= 4 is 33.4 Å². The summed E-state index contributed by atoms with van der Waals surface area (Å²) in [4.78, 5) is 20.7. The first kappa shape index (κ1) is 12.7. The van der Waals surface area contributed by atoms with Crippen molar-refractivity contribution in [3.63, 3.8) is 0 Å². The van der Waals surface area contributed by atoms with Gasteiger partial charge in [0.05, 0.1) is 15.2 Å². The molecule has 2 aromatic heterocycles. The standard InChI is InChI=1S/C13H13N5OS/c1-3-11-15-13(18-17-11)16-12(19)8-4-5-9-10(6-8)20-7(2)14-9/h4-6H,3H2,1-2H3,(H2,15,16,17,18,19). The Hall–Kier alpha value is -2.28. The summed E-state index contributed by atoms with van der Waals surface area (Å²) in [7, 11) is 0. The SMILES string of the molecule is CCc1nc(NC(=O)c2ccc3nc(C)sc3c2)n[nH]1. The fourth-order valence-electron chi connectivity index (χ4n) is 1.86. The van der Waals surface area contributed by atoms with Gasteiger partial charge in [0.1, 0.15) is 5.82 Å². The van der Waals surface area contributed by atoms with Gasteiger partial charge >= 0.3 is 0 Å². The molecule has 7 heteroatoms. The number of hydrogen-bond donors (Lipinski definition) is 2. The van der Waals surface area contributed by atoms with Crippen molar-refractivity contribution in [2.24, 2.45) is 0 Å². The van der Waals surface area contributed by atoms with Crippen LogP contribution in [0.3, 0.4) is 0 Å². The third kappa shape index (κ3) is 2.39. The van der Waals surface area contributed by atoms with Gasteiger partial charge in [-0.05, 0) is 25.1 Å². The molecule has 0 radical (unpaired) electrons. The number of benzene rings is 1. The van der Waals surface area contributed by atoms with Crippen LogP contribution in [0, 0.1) is 6.92 Å². The maximum absolute atomic E-state index is 12.1. The van der Waals surface area contributed by atoms with Gasteiger partial charge in [0, 0.05) is 12.0 Å². The van der Waals surface area contributed by atoms with Crippen LogP contribution in [0.2, 0.25) is 0 Å². The summed E-state index contributed by atoms with van der Waals surface area (Å²) >= 11 is 1.57. The van der Waals surface area contributed by atoms with Crippen molar-refractivity contribution in [2.45, 2.75) is 20.3 Å². The highest BCUT2D eigenvalue weighted by molar-refractivity contribution is 7.18. The molecule has 0 fully saturated rings. The third-order valence-electron chi connectivity index (χ3n) is 2.85. The minimum atomic E-state index is -0.223. The minimum absolute atomic E-state index is 0.223. The Balaban J connectivity index is 1.84. The van der Waals surface area contributed by atoms with E-state index in [2.05, 4.69) is 25.5 Å². The number of amides is 1. The van der Waals surface area contributed by atoms with Crippen molar-refractivity contribution in [3.05, 3.63) is 34.6 Å². The van der Waals surface area contributed by atoms with E-state index in [0.717, 1.165) is 27.5 Å². The Morgan fingerprint density at radius 1 is 1.40 bits per heavy atom. The summed E-state index contributed by atoms with van der Waals surface area (Å²) in [6.07, 6.45) is 0.745. The van der Waals surface area contributed by atoms with Crippen molar-refractivity contribution in [1.82, 2.24) is 20.2 Å². The Kier molecular flexibility index (Phi) is 3.19. The molecule has 0 atom stereocenters. The lowest BCUT2D eigenvalue weighted by molar-refractivity contribution is 0.102. The monoisotopic (exact) mass is 287 g/mol. The van der Waals surface area contributed by atoms with Gasteiger partial charge < -0.3 is 0 Å². The predicted molar refractivity (Wildman–Crippen MR) is 78.1 cm³/mol. The summed E-state index contributed by atoms with van der Waals surface area (Å²) in [6, 6.07) is 5.44. The number of nitrogens with one attached hydrogen (secondary N) is 2. The average Bonchev–Trinajstić information content (AvgIpc) is 3.02. The molecule has 0 aliphatic carbocycles. The first-order valence-corrected chi connectivity index (χ1v) is 7.07. The van der Waals surface area contributed by atoms with Crippen LogP contribution in [0.4, 0.5) is 5.95 Å². The van der Waals surface area contributed by atoms with Gasteiger partial charge in [-0.3, -0.25) is 15.2 Å². The molecular weight excluding hydrogens is 274 g/mol. The topological polar surface area (TPSA) is 83.6 Å². The van der Waals surface area contributed by atoms with Gasteiger partial charge in [0.2, 0.25) is 5.95 Å². The molecule has 0 aliphatic heterocycles. The molecule has 6 nitrogen and oxygen atoms in total. The van der Waals surface area contributed by atoms with Crippen LogP contribution in [-0.4, -0.2) is 26.1 Å². The number of aromatic amines is 1. The van der Waals surface area contributed by atoms with Crippen LogP contribution in [0.5, 0.6) is 0 Å². The third-order valence-corrected chi connectivity index (χ3v) is 3.78. The van der Waals surface area contributed by atoms with Gasteiger partial charge in [-0.2, -0.15) is 4.98 Å². The second-order valence-electron chi connectivity index (χ2n) is 4.33. The predicted octanol–water partition coefficient (Wildman–Crippen LogP) is 2.54. The average molecular weight is 287 g/mol. The molecule has 1 aromatic carbocycles. The van der Waals surface area contributed by atoms with Crippen LogP contribution >= 0.6 is 11.3 Å². The second-order valence-corrected chi connectivity index (χ2v) is 5.56. The van der Waals surface area contributed by atoms with E-state index >= 15 is 0 Å². The van der Waals surface area contributed by atoms with E-state index in [-0.39, 0.29) is 5.91 Å². The normalized spacial score (nSPS) is 10.9. The van der Waals surface area contributed by atoms with E-state index in [1.807, 2.05) is 26.0 Å². The van der Waals surface area contributed by atoms with E-state index < -0.39 is 0 Å². The van der Waals surface area contributed by atoms with E-state index in [9.17, 15) is 4.79 Å². The fourth-order valence-corrected chi connectivity index (χ4v) is 2.73. The molecule has 3 aromatic rings. The lowest BCUT2D eigenvalue weighted by Gasteiger charge is -2.00. The quantitative estimate of drug-likeness (QED) is 0.775. The van der Waals surface area contributed by atoms with E-state index in [0.29, 0.717) is 11.5 Å². The summed E-state index contributed by atoms with van der Waals surface area (Å²) in [5, 5.41) is 10.4. The van der Waals surface area contributed by atoms with Gasteiger partial charge in [-0.15, -0.1) is 16.4 Å². The first-order valence-electron chi connectivity index (χ1n) is 6.25. The number of aryl methyl sites for hydroxylation is 2. The molecule has 1 amide bonds. The zero-order chi connectivity index (χ0) is 14.1. The van der Waals surface area contributed by atoms with Crippen LogP contribution in [0.1, 0.15) is 28.1 Å². The number of anilines is 1. The summed E-state index contributed by atoms with van der Waals surface area (Å²) < 4.78 is 0.999. The molecule has 20 heavy (non-hydrogen) atoms. The van der Waals surface area contributed by atoms with Gasteiger partial charge in [0.25, 0.3) is 5.91 Å². The number of rotatable bonds is 3. The van der Waals surface area contributed by atoms with E-state index in [1.165, 1.54) is 0 Å². The fraction of sp³-hybridized carbons (Fsp3) is 0.231. The molecule has 0 unspecified atom stereocenters. The van der Waals surface area contributed by atoms with Crippen molar-refractivity contribution in [3.8, 4) is 0 Å². The molecule has 0 saturated carbocycles. The molecule has 3 rings (SSSR count). The zero-order valence-electron chi connectivity index (χ0n) is 11.1. The Morgan fingerprint density at radius 3 is 3.00 bits per heavy atom. The largest absolute Gasteiger partial charge is 0.289 e. The van der Waals surface area contributed by atoms with E-state index in [4.69, 9.17) is 0 Å². The Bertz CT molecular complexity index is 776. The maximum atomic E-state index is 12.1. The van der Waals surface area contributed by atoms with Crippen molar-refractivity contribution < 1.29 is 4.79 Å². The molecule has 0 saturated heterocycles. The summed E-state index contributed by atoms with van der Waals surface area (Å²) in [5.41, 5.74) is 1.49. The zero-order valence-corrected chi connectivity index (χ0v) is 11.9. The number of aromatic nitrogens is 4. The van der Waals surface area contributed by atoms with Gasteiger partial charge in [-0.25, -0.2) is 4.98 Å². The number of fused-ring (bicyclic) bond motifs is 1. The highest BCUT2D eigenvalue weighted by Crippen LogP contribution is 2.22. The number of H-pyrrole nitrogens is 1. The molecule has 2 N–H and O–H groups in total. The highest BCUT2D eigenvalue weighted by atomic mass is 32.1. The summed E-state index contributed by atoms with van der Waals surface area (Å²) in [5.74, 6) is 0.820. The first-order chi connectivity index (χ1) is 9.65. The molecule has 2 heterocycles. The second kappa shape index (κ2) is 5.01. The van der Waals surface area contributed by atoms with Gasteiger partial charge in [-0.1, -0.05) is 6.92 Å². The molecule has 0 bridgehead atoms. The van der Waals surface area contributed by atoms with E-state index in [1.54, 1.807) is 17.4 Å². The Labute approximate surface area is 119 Å². The van der Waals surface area contributed by atoms with Crippen molar-refractivity contribution in [2.75, 3.05) is 5.32 Å². The lowest BCUT2D eigenvalue weighted by atomic mass is 10.2. The maximum Gasteiger partial charge on any atom is 0.258 e. The molecule has 0 spiro atoms. The number of hydrogen-bond acceptors (Lipinski definition) is 5. The lowest BCUT2D eigenvalue weighted by Crippen LogP contribution is -2.12. The number of carbonyl (C=O) groups excluding carboxylic acids is 1. The van der Waals surface area contributed by atoms with Crippen LogP contribution < -0.4 is 5.32 Å². The highest BCUT2D eigenvalue weighted by Gasteiger charge is 2.11. The number of nitrogens with zero attached hydrogens (tertiary/aromatic N) is 3. The van der Waals surface area contributed by atoms with Crippen LogP contribution in [-0.2, 0) is 6.42 Å². The number of thiazole rings is 1.